The normalized spacial score (nSPS) is 15.6. The summed E-state index contributed by atoms with van der Waals surface area (Å²) in [6.07, 6.45) is 4.19. The van der Waals surface area contributed by atoms with Crippen LogP contribution < -0.4 is 11.2 Å². The van der Waals surface area contributed by atoms with Gasteiger partial charge in [0.1, 0.15) is 5.69 Å². The summed E-state index contributed by atoms with van der Waals surface area (Å²) in [5.74, 6) is -0.317. The fourth-order valence-corrected chi connectivity index (χ4v) is 2.79. The molecule has 130 valence electrons. The van der Waals surface area contributed by atoms with E-state index in [0.717, 1.165) is 31.3 Å². The van der Waals surface area contributed by atoms with Crippen LogP contribution in [-0.4, -0.2) is 58.4 Å². The Hall–Kier alpha value is -2.93. The lowest BCUT2D eigenvalue weighted by molar-refractivity contribution is 0.0643. The summed E-state index contributed by atoms with van der Waals surface area (Å²) in [4.78, 5) is 43.3. The van der Waals surface area contributed by atoms with Gasteiger partial charge in [-0.25, -0.2) is 4.79 Å². The first-order valence-electron chi connectivity index (χ1n) is 8.19. The summed E-state index contributed by atoms with van der Waals surface area (Å²) < 4.78 is 0. The molecule has 0 bridgehead atoms. The third-order valence-electron chi connectivity index (χ3n) is 4.12. The minimum Gasteiger partial charge on any atom is -0.335 e. The second kappa shape index (κ2) is 7.76. The average molecular weight is 340 g/mol. The largest absolute Gasteiger partial charge is 0.335 e. The molecule has 1 aromatic heterocycles. The maximum absolute atomic E-state index is 12.4. The molecule has 1 aliphatic rings. The van der Waals surface area contributed by atoms with Gasteiger partial charge in [0.15, 0.2) is 0 Å². The molecule has 0 radical (unpaired) electrons. The van der Waals surface area contributed by atoms with E-state index < -0.39 is 11.2 Å². The monoisotopic (exact) mass is 340 g/mol. The standard InChI is InChI=1S/C18H20N4O3/c23-16-13-15(19-18(25)20-16)17(24)22-11-9-21(10-12-22)8-4-7-14-5-2-1-3-6-14/h1-7,13H,8-12H2,(H2,19,20,23,25)/b7-4+. The number of amides is 1. The molecule has 2 aromatic rings. The molecule has 7 heteroatoms. The summed E-state index contributed by atoms with van der Waals surface area (Å²) in [6.45, 7) is 3.44. The summed E-state index contributed by atoms with van der Waals surface area (Å²) in [5, 5.41) is 0. The number of rotatable bonds is 4. The van der Waals surface area contributed by atoms with Crippen molar-refractivity contribution in [2.75, 3.05) is 32.7 Å². The van der Waals surface area contributed by atoms with Crippen LogP contribution in [0.2, 0.25) is 0 Å². The number of nitrogens with zero attached hydrogens (tertiary/aromatic N) is 2. The zero-order chi connectivity index (χ0) is 17.6. The SMILES string of the molecule is O=C(c1cc(=O)[nH]c(=O)[nH]1)N1CCN(C/C=C/c2ccccc2)CC1. The molecule has 0 spiro atoms. The number of carbonyl (C=O) groups is 1. The van der Waals surface area contributed by atoms with Crippen LogP contribution in [-0.2, 0) is 0 Å². The molecule has 2 heterocycles. The first-order chi connectivity index (χ1) is 12.1. The summed E-state index contributed by atoms with van der Waals surface area (Å²) in [7, 11) is 0. The number of benzene rings is 1. The first-order valence-corrected chi connectivity index (χ1v) is 8.19. The first kappa shape index (κ1) is 16.9. The molecule has 1 fully saturated rings. The van der Waals surface area contributed by atoms with E-state index in [-0.39, 0.29) is 11.6 Å². The number of aromatic nitrogens is 2. The van der Waals surface area contributed by atoms with Gasteiger partial charge in [0, 0.05) is 38.8 Å². The third-order valence-corrected chi connectivity index (χ3v) is 4.12. The van der Waals surface area contributed by atoms with Crippen LogP contribution in [0.25, 0.3) is 6.08 Å². The van der Waals surface area contributed by atoms with E-state index in [1.54, 1.807) is 4.90 Å². The van der Waals surface area contributed by atoms with Gasteiger partial charge in [-0.1, -0.05) is 42.5 Å². The van der Waals surface area contributed by atoms with Crippen molar-refractivity contribution in [1.29, 1.82) is 0 Å². The molecular weight excluding hydrogens is 320 g/mol. The lowest BCUT2D eigenvalue weighted by atomic mass is 10.2. The Balaban J connectivity index is 1.53. The highest BCUT2D eigenvalue weighted by atomic mass is 16.2. The van der Waals surface area contributed by atoms with Gasteiger partial charge in [0.2, 0.25) is 0 Å². The Bertz CT molecular complexity index is 833. The second-order valence-electron chi connectivity index (χ2n) is 5.91. The minimum atomic E-state index is -0.666. The zero-order valence-electron chi connectivity index (χ0n) is 13.8. The average Bonchev–Trinajstić information content (AvgIpc) is 2.62. The fourth-order valence-electron chi connectivity index (χ4n) is 2.79. The van der Waals surface area contributed by atoms with Crippen molar-refractivity contribution in [2.24, 2.45) is 0 Å². The number of hydrogen-bond donors (Lipinski definition) is 2. The van der Waals surface area contributed by atoms with Crippen LogP contribution in [0.4, 0.5) is 0 Å². The van der Waals surface area contributed by atoms with E-state index in [0.29, 0.717) is 13.1 Å². The number of hydrogen-bond acceptors (Lipinski definition) is 4. The van der Waals surface area contributed by atoms with Gasteiger partial charge in [0.25, 0.3) is 11.5 Å². The van der Waals surface area contributed by atoms with Gasteiger partial charge in [-0.05, 0) is 5.56 Å². The van der Waals surface area contributed by atoms with Crippen LogP contribution in [0, 0.1) is 0 Å². The number of nitrogens with one attached hydrogen (secondary N) is 2. The highest BCUT2D eigenvalue weighted by Crippen LogP contribution is 2.07. The molecule has 3 rings (SSSR count). The molecule has 2 N–H and O–H groups in total. The van der Waals surface area contributed by atoms with E-state index in [4.69, 9.17) is 0 Å². The highest BCUT2D eigenvalue weighted by molar-refractivity contribution is 5.92. The molecule has 0 atom stereocenters. The van der Waals surface area contributed by atoms with Crippen molar-refractivity contribution in [2.45, 2.75) is 0 Å². The lowest BCUT2D eigenvalue weighted by Gasteiger charge is -2.34. The van der Waals surface area contributed by atoms with Crippen molar-refractivity contribution in [1.82, 2.24) is 19.8 Å². The van der Waals surface area contributed by atoms with E-state index in [1.165, 1.54) is 0 Å². The van der Waals surface area contributed by atoms with E-state index in [2.05, 4.69) is 39.2 Å². The van der Waals surface area contributed by atoms with Crippen LogP contribution in [0.3, 0.4) is 0 Å². The van der Waals surface area contributed by atoms with Gasteiger partial charge < -0.3 is 9.88 Å². The summed E-state index contributed by atoms with van der Waals surface area (Å²) in [5.41, 5.74) is -0.0435. The Morgan fingerprint density at radius 3 is 2.44 bits per heavy atom. The Morgan fingerprint density at radius 1 is 1.04 bits per heavy atom. The molecule has 1 saturated heterocycles. The van der Waals surface area contributed by atoms with Crippen molar-refractivity contribution < 1.29 is 4.79 Å². The van der Waals surface area contributed by atoms with E-state index in [9.17, 15) is 14.4 Å². The number of aromatic amines is 2. The minimum absolute atomic E-state index is 0.0335. The molecule has 0 saturated carbocycles. The molecule has 1 aliphatic heterocycles. The maximum atomic E-state index is 12.4. The Morgan fingerprint density at radius 2 is 1.76 bits per heavy atom. The number of piperazine rings is 1. The highest BCUT2D eigenvalue weighted by Gasteiger charge is 2.22. The van der Waals surface area contributed by atoms with Crippen LogP contribution >= 0.6 is 0 Å². The molecule has 1 aromatic carbocycles. The van der Waals surface area contributed by atoms with Crippen LogP contribution in [0.15, 0.2) is 52.1 Å². The smallest absolute Gasteiger partial charge is 0.326 e. The van der Waals surface area contributed by atoms with Gasteiger partial charge in [-0.2, -0.15) is 0 Å². The van der Waals surface area contributed by atoms with E-state index in [1.807, 2.05) is 18.2 Å². The number of carbonyl (C=O) groups excluding carboxylic acids is 1. The summed E-state index contributed by atoms with van der Waals surface area (Å²) in [6, 6.07) is 11.2. The predicted molar refractivity (Wildman–Crippen MR) is 95.5 cm³/mol. The van der Waals surface area contributed by atoms with Crippen molar-refractivity contribution in [3.63, 3.8) is 0 Å². The topological polar surface area (TPSA) is 89.3 Å². The van der Waals surface area contributed by atoms with E-state index >= 15 is 0 Å². The van der Waals surface area contributed by atoms with Gasteiger partial charge in [0.05, 0.1) is 0 Å². The lowest BCUT2D eigenvalue weighted by Crippen LogP contribution is -2.49. The van der Waals surface area contributed by atoms with Gasteiger partial charge in [-0.15, -0.1) is 0 Å². The zero-order valence-corrected chi connectivity index (χ0v) is 13.8. The molecular formula is C18H20N4O3. The Labute approximate surface area is 144 Å². The quantitative estimate of drug-likeness (QED) is 0.850. The molecule has 0 unspecified atom stereocenters. The molecule has 0 aliphatic carbocycles. The molecule has 1 amide bonds. The van der Waals surface area contributed by atoms with Crippen molar-refractivity contribution in [3.8, 4) is 0 Å². The molecule has 7 nitrogen and oxygen atoms in total. The molecule has 25 heavy (non-hydrogen) atoms. The van der Waals surface area contributed by atoms with Gasteiger partial charge >= 0.3 is 5.69 Å². The Kier molecular flexibility index (Phi) is 5.25. The van der Waals surface area contributed by atoms with Crippen molar-refractivity contribution in [3.05, 3.63) is 74.6 Å². The predicted octanol–water partition coefficient (Wildman–Crippen LogP) is 0.534. The summed E-state index contributed by atoms with van der Waals surface area (Å²) >= 11 is 0. The maximum Gasteiger partial charge on any atom is 0.326 e. The third kappa shape index (κ3) is 4.54. The van der Waals surface area contributed by atoms with Gasteiger partial charge in [-0.3, -0.25) is 19.5 Å². The second-order valence-corrected chi connectivity index (χ2v) is 5.91. The number of H-pyrrole nitrogens is 2. The van der Waals surface area contributed by atoms with Crippen LogP contribution in [0.1, 0.15) is 16.1 Å². The van der Waals surface area contributed by atoms with Crippen LogP contribution in [0.5, 0.6) is 0 Å². The van der Waals surface area contributed by atoms with Crippen molar-refractivity contribution >= 4 is 12.0 Å². The fraction of sp³-hybridized carbons (Fsp3) is 0.278.